The van der Waals surface area contributed by atoms with Gasteiger partial charge >= 0.3 is 0 Å². The number of carbonyl (C=O) groups is 1. The zero-order chi connectivity index (χ0) is 23.2. The molecule has 0 atom stereocenters. The molecule has 0 spiro atoms. The minimum Gasteiger partial charge on any atom is -0.497 e. The van der Waals surface area contributed by atoms with Gasteiger partial charge in [-0.25, -0.2) is 4.39 Å². The summed E-state index contributed by atoms with van der Waals surface area (Å²) in [6.07, 6.45) is 3.24. The Kier molecular flexibility index (Phi) is 6.90. The minimum atomic E-state index is -0.393. The molecule has 1 heterocycles. The van der Waals surface area contributed by atoms with Crippen LogP contribution in [0.1, 0.15) is 21.5 Å². The Labute approximate surface area is 195 Å². The van der Waals surface area contributed by atoms with Crippen LogP contribution in [-0.4, -0.2) is 22.8 Å². The summed E-state index contributed by atoms with van der Waals surface area (Å²) in [4.78, 5) is 12.6. The maximum absolute atomic E-state index is 13.2. The van der Waals surface area contributed by atoms with Crippen LogP contribution in [0.25, 0.3) is 0 Å². The number of anilines is 1. The zero-order valence-electron chi connectivity index (χ0n) is 17.8. The summed E-state index contributed by atoms with van der Waals surface area (Å²) in [5, 5.41) is 7.37. The van der Waals surface area contributed by atoms with Gasteiger partial charge in [-0.3, -0.25) is 9.48 Å². The third-order valence-electron chi connectivity index (χ3n) is 4.92. The normalized spacial score (nSPS) is 10.6. The van der Waals surface area contributed by atoms with Crippen molar-refractivity contribution in [3.63, 3.8) is 0 Å². The summed E-state index contributed by atoms with van der Waals surface area (Å²) in [6, 6.07) is 18.7. The number of ether oxygens (including phenoxy) is 2. The summed E-state index contributed by atoms with van der Waals surface area (Å²) in [5.41, 5.74) is 2.72. The fourth-order valence-electron chi connectivity index (χ4n) is 3.13. The van der Waals surface area contributed by atoms with Crippen molar-refractivity contribution in [1.82, 2.24) is 9.78 Å². The fourth-order valence-corrected chi connectivity index (χ4v) is 3.36. The van der Waals surface area contributed by atoms with Gasteiger partial charge in [-0.05, 0) is 59.7 Å². The predicted molar refractivity (Wildman–Crippen MR) is 124 cm³/mol. The second-order valence-corrected chi connectivity index (χ2v) is 7.68. The summed E-state index contributed by atoms with van der Waals surface area (Å²) in [5.74, 6) is 0.853. The van der Waals surface area contributed by atoms with Gasteiger partial charge < -0.3 is 14.8 Å². The maximum atomic E-state index is 13.2. The van der Waals surface area contributed by atoms with E-state index in [-0.39, 0.29) is 5.91 Å². The summed E-state index contributed by atoms with van der Waals surface area (Å²) in [6.45, 7) is 0.741. The zero-order valence-corrected chi connectivity index (χ0v) is 18.6. The second kappa shape index (κ2) is 10.2. The highest BCUT2D eigenvalue weighted by atomic mass is 35.5. The van der Waals surface area contributed by atoms with Gasteiger partial charge in [-0.2, -0.15) is 5.10 Å². The molecule has 33 heavy (non-hydrogen) atoms. The van der Waals surface area contributed by atoms with Crippen molar-refractivity contribution in [3.05, 3.63) is 107 Å². The summed E-state index contributed by atoms with van der Waals surface area (Å²) >= 11 is 6.07. The fraction of sp³-hybridized carbons (Fsp3) is 0.120. The number of amides is 1. The Morgan fingerprint density at radius 1 is 1.06 bits per heavy atom. The molecule has 0 radical (unpaired) electrons. The van der Waals surface area contributed by atoms with Crippen LogP contribution in [0.15, 0.2) is 79.1 Å². The first-order valence-electron chi connectivity index (χ1n) is 10.1. The maximum Gasteiger partial charge on any atom is 0.255 e. The molecule has 8 heteroatoms. The highest BCUT2D eigenvalue weighted by molar-refractivity contribution is 6.31. The average Bonchev–Trinajstić information content (AvgIpc) is 3.27. The van der Waals surface area contributed by atoms with Gasteiger partial charge in [0.1, 0.15) is 23.9 Å². The van der Waals surface area contributed by atoms with Gasteiger partial charge in [0.25, 0.3) is 5.91 Å². The highest BCUT2D eigenvalue weighted by Gasteiger charge is 2.09. The summed E-state index contributed by atoms with van der Waals surface area (Å²) < 4.78 is 25.7. The Morgan fingerprint density at radius 2 is 1.79 bits per heavy atom. The van der Waals surface area contributed by atoms with Gasteiger partial charge in [0, 0.05) is 16.8 Å². The van der Waals surface area contributed by atoms with Crippen LogP contribution in [0.4, 0.5) is 10.1 Å². The van der Waals surface area contributed by atoms with Gasteiger partial charge in [-0.15, -0.1) is 0 Å². The molecule has 0 aliphatic carbocycles. The van der Waals surface area contributed by atoms with Crippen molar-refractivity contribution in [1.29, 1.82) is 0 Å². The number of nitrogens with zero attached hydrogens (tertiary/aromatic N) is 2. The first-order valence-corrected chi connectivity index (χ1v) is 10.5. The quantitative estimate of drug-likeness (QED) is 0.370. The van der Waals surface area contributed by atoms with E-state index in [1.165, 1.54) is 12.1 Å². The van der Waals surface area contributed by atoms with Crippen molar-refractivity contribution in [3.8, 4) is 11.5 Å². The Morgan fingerprint density at radius 3 is 2.48 bits per heavy atom. The molecule has 6 nitrogen and oxygen atoms in total. The molecule has 1 amide bonds. The van der Waals surface area contributed by atoms with Gasteiger partial charge in [0.2, 0.25) is 0 Å². The molecule has 0 fully saturated rings. The topological polar surface area (TPSA) is 65.4 Å². The Hall–Kier alpha value is -3.84. The number of carbonyl (C=O) groups excluding carboxylic acids is 1. The average molecular weight is 466 g/mol. The minimum absolute atomic E-state index is 0.253. The third-order valence-corrected chi connectivity index (χ3v) is 5.27. The van der Waals surface area contributed by atoms with E-state index in [1.807, 2.05) is 36.4 Å². The lowest BCUT2D eigenvalue weighted by Gasteiger charge is -2.08. The number of halogens is 2. The monoisotopic (exact) mass is 465 g/mol. The lowest BCUT2D eigenvalue weighted by Crippen LogP contribution is -2.11. The number of nitrogens with one attached hydrogen (secondary N) is 1. The van der Waals surface area contributed by atoms with Crippen LogP contribution in [0, 0.1) is 5.82 Å². The lowest BCUT2D eigenvalue weighted by molar-refractivity contribution is 0.102. The van der Waals surface area contributed by atoms with Crippen molar-refractivity contribution >= 4 is 23.2 Å². The van der Waals surface area contributed by atoms with E-state index in [9.17, 15) is 9.18 Å². The molecule has 168 valence electrons. The molecule has 4 rings (SSSR count). The predicted octanol–water partition coefficient (Wildman–Crippen LogP) is 5.56. The van der Waals surface area contributed by atoms with Crippen molar-refractivity contribution < 1.29 is 18.7 Å². The molecule has 0 saturated heterocycles. The van der Waals surface area contributed by atoms with Crippen LogP contribution in [0.3, 0.4) is 0 Å². The smallest absolute Gasteiger partial charge is 0.255 e. The van der Waals surface area contributed by atoms with Crippen LogP contribution < -0.4 is 14.8 Å². The van der Waals surface area contributed by atoms with E-state index in [2.05, 4.69) is 10.4 Å². The van der Waals surface area contributed by atoms with Crippen LogP contribution >= 0.6 is 11.6 Å². The Balaban J connectivity index is 1.32. The van der Waals surface area contributed by atoms with Gasteiger partial charge in [0.15, 0.2) is 0 Å². The number of rotatable bonds is 8. The van der Waals surface area contributed by atoms with Crippen LogP contribution in [-0.2, 0) is 13.2 Å². The molecule has 3 aromatic carbocycles. The summed E-state index contributed by atoms with van der Waals surface area (Å²) in [7, 11) is 1.61. The number of hydrogen-bond donors (Lipinski definition) is 1. The molecule has 0 saturated carbocycles. The molecule has 0 bridgehead atoms. The highest BCUT2D eigenvalue weighted by Crippen LogP contribution is 2.20. The molecule has 0 unspecified atom stereocenters. The Bertz CT molecular complexity index is 1240. The first kappa shape index (κ1) is 22.4. The molecule has 4 aromatic rings. The molecule has 1 N–H and O–H groups in total. The second-order valence-electron chi connectivity index (χ2n) is 7.28. The van der Waals surface area contributed by atoms with Crippen molar-refractivity contribution in [2.45, 2.75) is 13.2 Å². The van der Waals surface area contributed by atoms with Gasteiger partial charge in [0.05, 0.1) is 25.5 Å². The van der Waals surface area contributed by atoms with E-state index in [0.29, 0.717) is 29.4 Å². The number of methoxy groups -OCH3 is 1. The molecule has 0 aliphatic rings. The van der Waals surface area contributed by atoms with Crippen molar-refractivity contribution in [2.24, 2.45) is 0 Å². The number of benzene rings is 3. The van der Waals surface area contributed by atoms with Crippen molar-refractivity contribution in [2.75, 3.05) is 12.4 Å². The lowest BCUT2D eigenvalue weighted by atomic mass is 10.1. The van der Waals surface area contributed by atoms with Gasteiger partial charge in [-0.1, -0.05) is 29.8 Å². The molecule has 0 aliphatic heterocycles. The number of aromatic nitrogens is 2. The van der Waals surface area contributed by atoms with E-state index in [1.54, 1.807) is 42.4 Å². The standard InChI is InChI=1S/C25H21ClFN3O3/c1-32-22-8-10-23(11-9-22)33-16-17-2-4-18(5-3-17)25(31)29-21-13-28-30(15-21)14-19-6-7-20(27)12-24(19)26/h2-13,15H,14,16H2,1H3,(H,29,31). The van der Waals surface area contributed by atoms with E-state index < -0.39 is 5.82 Å². The number of hydrogen-bond acceptors (Lipinski definition) is 4. The SMILES string of the molecule is COc1ccc(OCc2ccc(C(=O)Nc3cnn(Cc4ccc(F)cc4Cl)c3)cc2)cc1. The first-order chi connectivity index (χ1) is 16.0. The van der Waals surface area contributed by atoms with E-state index in [4.69, 9.17) is 21.1 Å². The van der Waals surface area contributed by atoms with E-state index in [0.717, 1.165) is 22.6 Å². The molecular weight excluding hydrogens is 445 g/mol. The van der Waals surface area contributed by atoms with Crippen LogP contribution in [0.2, 0.25) is 5.02 Å². The van der Waals surface area contributed by atoms with E-state index >= 15 is 0 Å². The largest absolute Gasteiger partial charge is 0.497 e. The molecular formula is C25H21ClFN3O3. The molecule has 1 aromatic heterocycles. The third kappa shape index (κ3) is 5.90. The van der Waals surface area contributed by atoms with Crippen LogP contribution in [0.5, 0.6) is 11.5 Å².